The second-order valence-electron chi connectivity index (χ2n) is 7.01. The number of nitrogens with one attached hydrogen (secondary N) is 1. The molecule has 0 radical (unpaired) electrons. The summed E-state index contributed by atoms with van der Waals surface area (Å²) in [6.45, 7) is 5.51. The SMILES string of the molecule is O=C(Cn1nccc1C1CCCNC1)N1CCN(c2ccccn2)CC1. The zero-order valence-corrected chi connectivity index (χ0v) is 15.0. The van der Waals surface area contributed by atoms with Crippen molar-refractivity contribution in [1.29, 1.82) is 0 Å². The average Bonchev–Trinajstić information content (AvgIpc) is 3.17. The molecule has 2 aromatic heterocycles. The lowest BCUT2D eigenvalue weighted by atomic mass is 9.96. The number of anilines is 1. The lowest BCUT2D eigenvalue weighted by Gasteiger charge is -2.35. The Balaban J connectivity index is 1.34. The van der Waals surface area contributed by atoms with E-state index < -0.39 is 0 Å². The third-order valence-corrected chi connectivity index (χ3v) is 5.36. The third kappa shape index (κ3) is 3.72. The molecule has 1 atom stereocenters. The van der Waals surface area contributed by atoms with E-state index in [1.807, 2.05) is 40.2 Å². The van der Waals surface area contributed by atoms with Gasteiger partial charge in [-0.3, -0.25) is 9.48 Å². The number of carbonyl (C=O) groups is 1. The summed E-state index contributed by atoms with van der Waals surface area (Å²) in [6.07, 6.45) is 5.97. The van der Waals surface area contributed by atoms with E-state index in [1.165, 1.54) is 12.1 Å². The smallest absolute Gasteiger partial charge is 0.244 e. The first-order valence-corrected chi connectivity index (χ1v) is 9.47. The summed E-state index contributed by atoms with van der Waals surface area (Å²) < 4.78 is 1.89. The van der Waals surface area contributed by atoms with Crippen LogP contribution in [-0.2, 0) is 11.3 Å². The molecule has 138 valence electrons. The van der Waals surface area contributed by atoms with Gasteiger partial charge in [-0.25, -0.2) is 4.98 Å². The van der Waals surface area contributed by atoms with Crippen molar-refractivity contribution in [2.24, 2.45) is 0 Å². The van der Waals surface area contributed by atoms with E-state index in [0.29, 0.717) is 12.5 Å². The van der Waals surface area contributed by atoms with E-state index in [1.54, 1.807) is 0 Å². The molecule has 1 N–H and O–H groups in total. The summed E-state index contributed by atoms with van der Waals surface area (Å²) >= 11 is 0. The normalized spacial score (nSPS) is 21.0. The summed E-state index contributed by atoms with van der Waals surface area (Å²) in [5, 5.41) is 7.85. The molecular weight excluding hydrogens is 328 g/mol. The van der Waals surface area contributed by atoms with Gasteiger partial charge in [0.1, 0.15) is 12.4 Å². The highest BCUT2D eigenvalue weighted by Gasteiger charge is 2.24. The van der Waals surface area contributed by atoms with E-state index in [2.05, 4.69) is 26.4 Å². The monoisotopic (exact) mass is 354 g/mol. The molecule has 0 spiro atoms. The summed E-state index contributed by atoms with van der Waals surface area (Å²) in [5.41, 5.74) is 1.18. The first-order chi connectivity index (χ1) is 12.8. The zero-order chi connectivity index (χ0) is 17.8. The van der Waals surface area contributed by atoms with Crippen LogP contribution in [0.1, 0.15) is 24.5 Å². The molecule has 2 aliphatic heterocycles. The third-order valence-electron chi connectivity index (χ3n) is 5.36. The number of amides is 1. The first-order valence-electron chi connectivity index (χ1n) is 9.47. The molecule has 26 heavy (non-hydrogen) atoms. The minimum atomic E-state index is 0.152. The molecule has 0 saturated carbocycles. The Labute approximate surface area is 154 Å². The standard InChI is InChI=1S/C19H26N6O/c26-19(15-25-17(6-9-22-25)16-4-3-7-20-14-16)24-12-10-23(11-13-24)18-5-1-2-8-21-18/h1-2,5-6,8-9,16,20H,3-4,7,10-15H2. The fraction of sp³-hybridized carbons (Fsp3) is 0.526. The molecule has 0 aromatic carbocycles. The van der Waals surface area contributed by atoms with Crippen LogP contribution in [0.15, 0.2) is 36.7 Å². The van der Waals surface area contributed by atoms with Gasteiger partial charge in [0.2, 0.25) is 5.91 Å². The van der Waals surface area contributed by atoms with Crippen molar-refractivity contribution >= 4 is 11.7 Å². The number of pyridine rings is 1. The van der Waals surface area contributed by atoms with Gasteiger partial charge in [-0.2, -0.15) is 5.10 Å². The minimum Gasteiger partial charge on any atom is -0.353 e. The maximum atomic E-state index is 12.8. The van der Waals surface area contributed by atoms with Gasteiger partial charge in [-0.1, -0.05) is 6.07 Å². The van der Waals surface area contributed by atoms with E-state index in [-0.39, 0.29) is 5.91 Å². The van der Waals surface area contributed by atoms with E-state index in [0.717, 1.165) is 51.5 Å². The Morgan fingerprint density at radius 3 is 2.77 bits per heavy atom. The molecule has 0 bridgehead atoms. The Kier molecular flexibility index (Phi) is 5.15. The molecule has 7 heteroatoms. The number of piperazine rings is 1. The molecule has 4 rings (SSSR count). The van der Waals surface area contributed by atoms with Gasteiger partial charge >= 0.3 is 0 Å². The van der Waals surface area contributed by atoms with Gasteiger partial charge in [0.25, 0.3) is 0 Å². The first kappa shape index (κ1) is 17.0. The van der Waals surface area contributed by atoms with Crippen LogP contribution in [0, 0.1) is 0 Å². The number of carbonyl (C=O) groups excluding carboxylic acids is 1. The largest absolute Gasteiger partial charge is 0.353 e. The summed E-state index contributed by atoms with van der Waals surface area (Å²) in [6, 6.07) is 8.00. The summed E-state index contributed by atoms with van der Waals surface area (Å²) in [7, 11) is 0. The Morgan fingerprint density at radius 1 is 1.15 bits per heavy atom. The maximum absolute atomic E-state index is 12.8. The van der Waals surface area contributed by atoms with Crippen molar-refractivity contribution in [2.45, 2.75) is 25.3 Å². The Hall–Kier alpha value is -2.41. The van der Waals surface area contributed by atoms with Gasteiger partial charge in [-0.15, -0.1) is 0 Å². The van der Waals surface area contributed by atoms with Gasteiger partial charge in [0, 0.05) is 56.7 Å². The average molecular weight is 354 g/mol. The van der Waals surface area contributed by atoms with Crippen molar-refractivity contribution in [2.75, 3.05) is 44.2 Å². The van der Waals surface area contributed by atoms with Crippen LogP contribution in [0.4, 0.5) is 5.82 Å². The number of hydrogen-bond donors (Lipinski definition) is 1. The fourth-order valence-electron chi connectivity index (χ4n) is 3.88. The van der Waals surface area contributed by atoms with Crippen molar-refractivity contribution in [3.63, 3.8) is 0 Å². The number of nitrogens with zero attached hydrogens (tertiary/aromatic N) is 5. The van der Waals surface area contributed by atoms with E-state index in [9.17, 15) is 4.79 Å². The predicted octanol–water partition coefficient (Wildman–Crippen LogP) is 1.09. The Morgan fingerprint density at radius 2 is 2.04 bits per heavy atom. The second-order valence-corrected chi connectivity index (χ2v) is 7.01. The lowest BCUT2D eigenvalue weighted by molar-refractivity contribution is -0.132. The van der Waals surface area contributed by atoms with Gasteiger partial charge in [-0.05, 0) is 37.6 Å². The second kappa shape index (κ2) is 7.86. The molecule has 2 aromatic rings. The van der Waals surface area contributed by atoms with Gasteiger partial charge < -0.3 is 15.1 Å². The predicted molar refractivity (Wildman–Crippen MR) is 100 cm³/mol. The van der Waals surface area contributed by atoms with Crippen molar-refractivity contribution in [3.05, 3.63) is 42.4 Å². The van der Waals surface area contributed by atoms with Gasteiger partial charge in [0.05, 0.1) is 0 Å². The topological polar surface area (TPSA) is 66.3 Å². The molecule has 0 aliphatic carbocycles. The highest BCUT2D eigenvalue weighted by molar-refractivity contribution is 5.76. The zero-order valence-electron chi connectivity index (χ0n) is 15.0. The maximum Gasteiger partial charge on any atom is 0.244 e. The molecule has 2 saturated heterocycles. The van der Waals surface area contributed by atoms with Gasteiger partial charge in [0.15, 0.2) is 0 Å². The molecule has 7 nitrogen and oxygen atoms in total. The van der Waals surface area contributed by atoms with E-state index >= 15 is 0 Å². The summed E-state index contributed by atoms with van der Waals surface area (Å²) in [4.78, 5) is 21.3. The number of aromatic nitrogens is 3. The lowest BCUT2D eigenvalue weighted by Crippen LogP contribution is -2.50. The molecule has 2 aliphatic rings. The van der Waals surface area contributed by atoms with E-state index in [4.69, 9.17) is 0 Å². The van der Waals surface area contributed by atoms with Crippen LogP contribution >= 0.6 is 0 Å². The van der Waals surface area contributed by atoms with Crippen LogP contribution in [0.5, 0.6) is 0 Å². The quantitative estimate of drug-likeness (QED) is 0.890. The van der Waals surface area contributed by atoms with Crippen LogP contribution in [0.3, 0.4) is 0 Å². The van der Waals surface area contributed by atoms with Crippen molar-refractivity contribution in [3.8, 4) is 0 Å². The van der Waals surface area contributed by atoms with Crippen molar-refractivity contribution in [1.82, 2.24) is 25.0 Å². The van der Waals surface area contributed by atoms with Crippen LogP contribution in [0.25, 0.3) is 0 Å². The summed E-state index contributed by atoms with van der Waals surface area (Å²) in [5.74, 6) is 1.60. The highest BCUT2D eigenvalue weighted by atomic mass is 16.2. The van der Waals surface area contributed by atoms with Crippen LogP contribution in [0.2, 0.25) is 0 Å². The molecule has 4 heterocycles. The molecule has 2 fully saturated rings. The number of piperidine rings is 1. The molecule has 1 unspecified atom stereocenters. The van der Waals surface area contributed by atoms with Crippen LogP contribution < -0.4 is 10.2 Å². The van der Waals surface area contributed by atoms with Crippen LogP contribution in [-0.4, -0.2) is 64.8 Å². The minimum absolute atomic E-state index is 0.152. The fourth-order valence-corrected chi connectivity index (χ4v) is 3.88. The number of rotatable bonds is 4. The Bertz CT molecular complexity index is 717. The number of hydrogen-bond acceptors (Lipinski definition) is 5. The highest BCUT2D eigenvalue weighted by Crippen LogP contribution is 2.23. The van der Waals surface area contributed by atoms with Crippen molar-refractivity contribution < 1.29 is 4.79 Å². The molecule has 1 amide bonds. The molecular formula is C19H26N6O.